The van der Waals surface area contributed by atoms with E-state index in [2.05, 4.69) is 44.5 Å². The van der Waals surface area contributed by atoms with Gasteiger partial charge < -0.3 is 45.9 Å². The average Bonchev–Trinajstić information content (AvgIpc) is 3.92. The van der Waals surface area contributed by atoms with Crippen molar-refractivity contribution >= 4 is 43.9 Å². The molecular formula is C36H24N8O4Pt2. The molecule has 0 atom stereocenters. The second kappa shape index (κ2) is 12.9. The smallest absolute Gasteiger partial charge is 0.508 e. The first-order valence-electron chi connectivity index (χ1n) is 14.9. The number of aromatic nitrogens is 8. The van der Waals surface area contributed by atoms with Crippen LogP contribution in [0.2, 0.25) is 0 Å². The van der Waals surface area contributed by atoms with E-state index in [4.69, 9.17) is 17.7 Å². The summed E-state index contributed by atoms with van der Waals surface area (Å²) in [6.45, 7) is 0. The van der Waals surface area contributed by atoms with Crippen LogP contribution in [0.1, 0.15) is 0 Å². The zero-order valence-corrected chi connectivity index (χ0v) is 31.3. The maximum atomic E-state index is 5.69. The molecule has 0 aliphatic carbocycles. The quantitative estimate of drug-likeness (QED) is 0.171. The fourth-order valence-electron chi connectivity index (χ4n) is 5.96. The van der Waals surface area contributed by atoms with E-state index in [0.717, 1.165) is 67.1 Å². The summed E-state index contributed by atoms with van der Waals surface area (Å²) in [4.78, 5) is 17.4. The predicted molar refractivity (Wildman–Crippen MR) is 176 cm³/mol. The Morgan fingerprint density at radius 1 is 0.480 bits per heavy atom. The summed E-state index contributed by atoms with van der Waals surface area (Å²) in [6.07, 6.45) is 23.4. The molecule has 10 aromatic rings. The Morgan fingerprint density at radius 3 is 1.10 bits per heavy atom. The first kappa shape index (κ1) is 33.3. The van der Waals surface area contributed by atoms with Crippen LogP contribution in [-0.4, -0.2) is 38.2 Å². The zero-order valence-electron chi connectivity index (χ0n) is 26.8. The van der Waals surface area contributed by atoms with Crippen LogP contribution >= 0.6 is 0 Å². The Kier molecular flexibility index (Phi) is 8.62. The van der Waals surface area contributed by atoms with E-state index in [0.29, 0.717) is 22.3 Å². The number of furan rings is 4. The van der Waals surface area contributed by atoms with Gasteiger partial charge in [0.05, 0.1) is 34.9 Å². The Labute approximate surface area is 312 Å². The molecule has 0 amide bonds. The van der Waals surface area contributed by atoms with Gasteiger partial charge in [-0.25, -0.2) is 9.97 Å². The van der Waals surface area contributed by atoms with Crippen molar-refractivity contribution in [2.45, 2.75) is 0 Å². The standard InChI is InChI=1S/2C18H12N4O2.2Pt/c2*1-21-5-3-19-17(21)13-9-23-15-8-16-12(7-11(13)15)14(10-24-16)18-20-4-6-22(18)2;;/h2*3,5-6,8-10H,1-2H3;;/q2*-2;2*+2. The second-order valence-electron chi connectivity index (χ2n) is 11.4. The van der Waals surface area contributed by atoms with Gasteiger partial charge >= 0.3 is 42.1 Å². The van der Waals surface area contributed by atoms with Crippen molar-refractivity contribution in [2.24, 2.45) is 28.2 Å². The Morgan fingerprint density at radius 2 is 0.820 bits per heavy atom. The van der Waals surface area contributed by atoms with E-state index in [1.165, 1.54) is 0 Å². The molecule has 0 bridgehead atoms. The maximum absolute atomic E-state index is 5.69. The Balaban J connectivity index is 0.000000151. The third-order valence-electron chi connectivity index (χ3n) is 8.42. The summed E-state index contributed by atoms with van der Waals surface area (Å²) in [7, 11) is 7.75. The number of hydrogen-bond donors (Lipinski definition) is 0. The molecule has 0 fully saturated rings. The molecule has 12 nitrogen and oxygen atoms in total. The molecule has 8 heterocycles. The molecule has 252 valence electrons. The molecule has 0 unspecified atom stereocenters. The van der Waals surface area contributed by atoms with Crippen LogP contribution in [0, 0.1) is 24.5 Å². The van der Waals surface area contributed by atoms with Crippen molar-refractivity contribution in [3.05, 3.63) is 98.9 Å². The molecule has 8 aromatic heterocycles. The summed E-state index contributed by atoms with van der Waals surface area (Å²) in [5.74, 6) is 3.23. The molecule has 14 heteroatoms. The zero-order chi connectivity index (χ0) is 32.5. The minimum atomic E-state index is 0. The number of rotatable bonds is 4. The van der Waals surface area contributed by atoms with Crippen LogP contribution < -0.4 is 0 Å². The van der Waals surface area contributed by atoms with Crippen molar-refractivity contribution in [3.63, 3.8) is 0 Å². The SMILES string of the molecule is Cn1c[c-]nc1-c1coc2cc3occ(-c4nccn4C)c3[c-]c12.Cn1c[c-]nc1-c1coc2cc3occ(-c4nccn4C)c3[c-]c12.[Pt+2].[Pt+2]. The first-order chi connectivity index (χ1) is 23.4. The molecule has 0 N–H and O–H groups in total. The molecular weight excluding hydrogens is 999 g/mol. The van der Waals surface area contributed by atoms with Crippen molar-refractivity contribution in [1.82, 2.24) is 38.2 Å². The Hall–Kier alpha value is -5.18. The van der Waals surface area contributed by atoms with E-state index in [9.17, 15) is 0 Å². The van der Waals surface area contributed by atoms with Crippen LogP contribution in [0.15, 0.2) is 92.0 Å². The molecule has 2 aromatic carbocycles. The Bertz CT molecular complexity index is 2400. The van der Waals surface area contributed by atoms with Gasteiger partial charge in [0.25, 0.3) is 0 Å². The van der Waals surface area contributed by atoms with Crippen molar-refractivity contribution in [3.8, 4) is 45.6 Å². The summed E-state index contributed by atoms with van der Waals surface area (Å²) in [5.41, 5.74) is 6.41. The van der Waals surface area contributed by atoms with Crippen LogP contribution in [0.4, 0.5) is 0 Å². The van der Waals surface area contributed by atoms with Crippen molar-refractivity contribution in [1.29, 1.82) is 0 Å². The van der Waals surface area contributed by atoms with Crippen LogP contribution in [0.3, 0.4) is 0 Å². The third kappa shape index (κ3) is 5.30. The second-order valence-corrected chi connectivity index (χ2v) is 11.4. The van der Waals surface area contributed by atoms with Gasteiger partial charge in [0.15, 0.2) is 0 Å². The number of fused-ring (bicyclic) bond motifs is 4. The van der Waals surface area contributed by atoms with Crippen molar-refractivity contribution in [2.75, 3.05) is 0 Å². The first-order valence-corrected chi connectivity index (χ1v) is 14.9. The van der Waals surface area contributed by atoms with Gasteiger partial charge in [-0.05, 0) is 37.4 Å². The van der Waals surface area contributed by atoms with E-state index in [1.54, 1.807) is 49.8 Å². The molecule has 50 heavy (non-hydrogen) atoms. The number of imidazole rings is 4. The summed E-state index contributed by atoms with van der Waals surface area (Å²) in [6, 6.07) is 10.6. The molecule has 0 aliphatic heterocycles. The van der Waals surface area contributed by atoms with Gasteiger partial charge in [-0.15, -0.1) is 24.5 Å². The van der Waals surface area contributed by atoms with E-state index in [1.807, 2.05) is 71.0 Å². The predicted octanol–water partition coefficient (Wildman–Crippen LogP) is 7.16. The van der Waals surface area contributed by atoms with Gasteiger partial charge in [-0.1, -0.05) is 56.7 Å². The van der Waals surface area contributed by atoms with Gasteiger partial charge in [-0.3, -0.25) is 0 Å². The number of benzene rings is 2. The van der Waals surface area contributed by atoms with Gasteiger partial charge in [0.2, 0.25) is 0 Å². The number of hydrogen-bond acceptors (Lipinski definition) is 8. The normalized spacial score (nSPS) is 11.3. The molecule has 0 spiro atoms. The van der Waals surface area contributed by atoms with Crippen LogP contribution in [-0.2, 0) is 70.3 Å². The molecule has 10 rings (SSSR count). The molecule has 0 radical (unpaired) electrons. The number of aryl methyl sites for hydroxylation is 4. The third-order valence-corrected chi connectivity index (χ3v) is 8.42. The molecule has 0 aliphatic rings. The van der Waals surface area contributed by atoms with Crippen molar-refractivity contribution < 1.29 is 59.8 Å². The van der Waals surface area contributed by atoms with Crippen LogP contribution in [0.5, 0.6) is 0 Å². The monoisotopic (exact) mass is 1020 g/mol. The minimum Gasteiger partial charge on any atom is -0.508 e. The summed E-state index contributed by atoms with van der Waals surface area (Å²) in [5, 5.41) is 3.47. The fraction of sp³-hybridized carbons (Fsp3) is 0.111. The summed E-state index contributed by atoms with van der Waals surface area (Å²) < 4.78 is 30.4. The van der Waals surface area contributed by atoms with Gasteiger partial charge in [0.1, 0.15) is 11.6 Å². The topological polar surface area (TPSA) is 124 Å². The van der Waals surface area contributed by atoms with Crippen LogP contribution in [0.25, 0.3) is 89.4 Å². The van der Waals surface area contributed by atoms with Gasteiger partial charge in [0, 0.05) is 51.4 Å². The van der Waals surface area contributed by atoms with E-state index >= 15 is 0 Å². The largest absolute Gasteiger partial charge is 2.00 e. The van der Waals surface area contributed by atoms with E-state index in [-0.39, 0.29) is 42.1 Å². The molecule has 0 saturated heterocycles. The maximum Gasteiger partial charge on any atom is 2.00 e. The van der Waals surface area contributed by atoms with E-state index < -0.39 is 0 Å². The van der Waals surface area contributed by atoms with Gasteiger partial charge in [-0.2, -0.15) is 0 Å². The molecule has 0 saturated carbocycles. The number of nitrogens with zero attached hydrogens (tertiary/aromatic N) is 8. The minimum absolute atomic E-state index is 0. The average molecular weight is 1020 g/mol. The summed E-state index contributed by atoms with van der Waals surface area (Å²) >= 11 is 0. The fourth-order valence-corrected chi connectivity index (χ4v) is 5.96.